The second-order valence-corrected chi connectivity index (χ2v) is 86.3. The van der Waals surface area contributed by atoms with E-state index in [9.17, 15) is 76.7 Å². The molecule has 0 bridgehead atoms. The van der Waals surface area contributed by atoms with Gasteiger partial charge in [-0.3, -0.25) is 0 Å². The summed E-state index contributed by atoms with van der Waals surface area (Å²) in [4.78, 5) is 164. The Bertz CT molecular complexity index is 1470. The summed E-state index contributed by atoms with van der Waals surface area (Å²) in [6.45, 7) is 0. The van der Waals surface area contributed by atoms with Crippen molar-refractivity contribution in [1.29, 1.82) is 0 Å². The van der Waals surface area contributed by atoms with E-state index in [1.807, 2.05) is 0 Å². The van der Waals surface area contributed by atoms with Crippen LogP contribution in [0.5, 0.6) is 0 Å². The first-order chi connectivity index (χ1) is 14.1. The van der Waals surface area contributed by atoms with Crippen LogP contribution in [0.3, 0.4) is 0 Å². The predicted molar refractivity (Wildman–Crippen MR) is 108 cm³/mol. The number of rotatable bonds is 16. The molecule has 0 spiro atoms. The van der Waals surface area contributed by atoms with Gasteiger partial charge in [-0.05, 0) is 0 Å². The van der Waals surface area contributed by atoms with Gasteiger partial charge in [0.15, 0.2) is 0 Å². The molecule has 0 radical (unpaired) electrons. The molecule has 185 valence electrons. The fraction of sp³-hybridized carbons (Fsp3) is 0. The minimum absolute atomic E-state index is 3.48. The van der Waals surface area contributed by atoms with Crippen molar-refractivity contribution in [1.82, 2.24) is 0 Å². The summed E-state index contributed by atoms with van der Waals surface area (Å²) in [6.07, 6.45) is 0. The van der Waals surface area contributed by atoms with E-state index < -0.39 is 78.8 Å². The van der Waals surface area contributed by atoms with Gasteiger partial charge in [-0.1, -0.05) is 0 Å². The van der Waals surface area contributed by atoms with E-state index in [1.54, 1.807) is 0 Å². The summed E-state index contributed by atoms with van der Waals surface area (Å²) in [5.74, 6) is 0. The van der Waals surface area contributed by atoms with E-state index >= 15 is 0 Å². The average Bonchev–Trinajstić information content (AvgIpc) is 3.01. The van der Waals surface area contributed by atoms with E-state index in [0.29, 0.717) is 0 Å². The Hall–Kier alpha value is -4.66. The third kappa shape index (κ3) is 0.317. The second kappa shape index (κ2) is 1.10. The van der Waals surface area contributed by atoms with Crippen LogP contribution in [-0.4, -0.2) is 78.1 Å². The zero-order valence-corrected chi connectivity index (χ0v) is 17.7. The Labute approximate surface area is 155 Å². The first kappa shape index (κ1) is 28.3. The Morgan fingerprint density at radius 3 is 0.242 bits per heavy atom. The zero-order valence-electron chi connectivity index (χ0n) is 16.1. The second-order valence-electron chi connectivity index (χ2n) is 14.6. The molecular formula is C16H16O16Rh. The topological polar surface area (TPSA) is 273 Å². The quantitative estimate of drug-likeness (QED) is 0.126. The Kier molecular flexibility index (Phi) is 0.945. The van der Waals surface area contributed by atoms with Crippen LogP contribution in [0.1, 0.15) is 0 Å². The van der Waals surface area contributed by atoms with Gasteiger partial charge in [0.25, 0.3) is 0 Å². The Balaban J connectivity index is 16.5. The van der Waals surface area contributed by atoms with E-state index in [-0.39, 0.29) is 0 Å². The summed E-state index contributed by atoms with van der Waals surface area (Å²) < 4.78 is -19.4. The zero-order chi connectivity index (χ0) is 27.6. The van der Waals surface area contributed by atoms with E-state index in [1.165, 1.54) is 0 Å². The third-order valence-electron chi connectivity index (χ3n) is 10.9. The minimum atomic E-state index is -19.4. The van der Waals surface area contributed by atoms with Crippen LogP contribution >= 0.6 is 0 Å². The van der Waals surface area contributed by atoms with Crippen LogP contribution in [0.2, 0.25) is 0 Å². The predicted octanol–water partition coefficient (Wildman–Crippen LogP) is -4.39. The van der Waals surface area contributed by atoms with Gasteiger partial charge < -0.3 is 0 Å². The molecule has 0 amide bonds. The maximum absolute atomic E-state index is 19.4. The molecule has 16 nitrogen and oxygen atoms in total. The fourth-order valence-electron chi connectivity index (χ4n) is 2.22. The number of carbonyl (C=O) groups excluding carboxylic acids is 16. The normalized spacial score (nSPS) is 35.9. The molecule has 0 fully saturated rings. The average molecular weight is 567 g/mol. The van der Waals surface area contributed by atoms with Crippen molar-refractivity contribution < 1.29 is 77.4 Å². The van der Waals surface area contributed by atoms with Crippen molar-refractivity contribution in [3.63, 3.8) is 0 Å². The van der Waals surface area contributed by atoms with Gasteiger partial charge in [0, 0.05) is 0 Å². The van der Waals surface area contributed by atoms with Gasteiger partial charge in [-0.15, -0.1) is 0 Å². The van der Waals surface area contributed by atoms with Crippen molar-refractivity contribution in [3.8, 4) is 0 Å². The van der Waals surface area contributed by atoms with E-state index in [2.05, 4.69) is 0 Å². The molecule has 0 aliphatic carbocycles. The van der Waals surface area contributed by atoms with Gasteiger partial charge in [-0.2, -0.15) is 0 Å². The molecule has 0 saturated heterocycles. The number of hydrogen-bond acceptors (Lipinski definition) is 16. The maximum atomic E-state index is 13.7. The summed E-state index contributed by atoms with van der Waals surface area (Å²) in [6, 6.07) is 0. The molecule has 0 aliphatic heterocycles. The molecule has 0 saturated carbocycles. The number of carbonyl (C=O) groups is 16. The van der Waals surface area contributed by atoms with Gasteiger partial charge in [0.05, 0.1) is 0 Å². The number of hydrogen-bond donors (Lipinski definition) is 0. The molecule has 0 aromatic rings. The molecule has 0 aromatic heterocycles. The monoisotopic (exact) mass is 567 g/mol. The molecule has 0 heterocycles. The summed E-state index contributed by atoms with van der Waals surface area (Å²) in [5.41, 5.74) is 0. The fourth-order valence-corrected chi connectivity index (χ4v) is 13.1. The Morgan fingerprint density at radius 1 is 0.182 bits per heavy atom. The van der Waals surface area contributed by atoms with Crippen molar-refractivity contribution in [2.24, 2.45) is 0 Å². The molecule has 0 N–H and O–H groups in total. The van der Waals surface area contributed by atoms with E-state index in [4.69, 9.17) is 0 Å². The Morgan fingerprint density at radius 2 is 0.242 bits per heavy atom. The molecule has 0 atom stereocenters. The van der Waals surface area contributed by atoms with Gasteiger partial charge in [0.1, 0.15) is 0 Å². The van der Waals surface area contributed by atoms with Crippen molar-refractivity contribution >= 4 is 78.1 Å². The van der Waals surface area contributed by atoms with E-state index in [0.717, 1.165) is 0 Å². The van der Waals surface area contributed by atoms with Crippen LogP contribution in [0.4, 0.5) is 0 Å². The van der Waals surface area contributed by atoms with Crippen LogP contribution in [0.25, 0.3) is 0 Å². The van der Waals surface area contributed by atoms with Crippen LogP contribution in [-0.2, 0) is 77.4 Å². The first-order valence-electron chi connectivity index (χ1n) is 6.85. The van der Waals surface area contributed by atoms with Crippen LogP contribution in [0.15, 0.2) is 0 Å². The standard InChI is InChI=1S/16CHO.Rh/c16*1-2;/h16*1H;. The van der Waals surface area contributed by atoms with Gasteiger partial charge >= 0.3 is 155 Å². The molecule has 0 aromatic carbocycles. The molecular weight excluding hydrogens is 551 g/mol. The molecule has 0 rings (SSSR count). The summed E-state index contributed by atoms with van der Waals surface area (Å²) in [7, 11) is 0. The van der Waals surface area contributed by atoms with Crippen molar-refractivity contribution in [2.75, 3.05) is 0 Å². The SMILES string of the molecule is O=[CH][Rh]([CH]=O)([CH]=O)([CH]=O)([CH]=O)([CH]=O)([CH]=O)([CH]=O)([CH]=O)([CH]=O)([CH]=O)([CH]=O)([CH]=O)([CH]=O)([CH]=O)[CH]=O. The van der Waals surface area contributed by atoms with Crippen LogP contribution in [0, 0.1) is 0 Å². The van der Waals surface area contributed by atoms with Crippen LogP contribution < -0.4 is 0 Å². The first-order valence-corrected chi connectivity index (χ1v) is 22.0. The summed E-state index contributed by atoms with van der Waals surface area (Å²) >= 11 is 0. The molecule has 33 heavy (non-hydrogen) atoms. The van der Waals surface area contributed by atoms with Crippen molar-refractivity contribution in [3.05, 3.63) is 0 Å². The third-order valence-corrected chi connectivity index (χ3v) is 64.4. The van der Waals surface area contributed by atoms with Gasteiger partial charge in [0.2, 0.25) is 0 Å². The van der Waals surface area contributed by atoms with Crippen molar-refractivity contribution in [2.45, 2.75) is 0 Å². The molecule has 0 aliphatic rings. The molecule has 17 heteroatoms. The summed E-state index contributed by atoms with van der Waals surface area (Å²) in [5, 5.41) is 0. The molecule has 0 unspecified atom stereocenters. The van der Waals surface area contributed by atoms with Gasteiger partial charge in [-0.25, -0.2) is 0 Å².